The van der Waals surface area contributed by atoms with Gasteiger partial charge in [0, 0.05) is 11.6 Å². The van der Waals surface area contributed by atoms with Gasteiger partial charge in [-0.1, -0.05) is 18.2 Å². The molecule has 0 bridgehead atoms. The fourth-order valence-corrected chi connectivity index (χ4v) is 4.42. The van der Waals surface area contributed by atoms with Gasteiger partial charge in [-0.05, 0) is 63.2 Å². The summed E-state index contributed by atoms with van der Waals surface area (Å²) in [7, 11) is 0. The second kappa shape index (κ2) is 12.0. The molecule has 3 heterocycles. The number of carbonyl (C=O) groups is 1. The number of aliphatic imine (C=N–C) groups is 1. The van der Waals surface area contributed by atoms with Gasteiger partial charge in [0.2, 0.25) is 5.95 Å². The minimum absolute atomic E-state index is 0.0464. The molecule has 0 spiro atoms. The first kappa shape index (κ1) is 26.4. The van der Waals surface area contributed by atoms with Crippen LogP contribution in [0, 0.1) is 17.2 Å². The zero-order valence-corrected chi connectivity index (χ0v) is 21.0. The van der Waals surface area contributed by atoms with E-state index in [2.05, 4.69) is 38.0 Å². The van der Waals surface area contributed by atoms with E-state index >= 15 is 0 Å². The molecule has 0 saturated carbocycles. The van der Waals surface area contributed by atoms with Crippen molar-refractivity contribution >= 4 is 23.8 Å². The molecular formula is C27H29N9O2. The van der Waals surface area contributed by atoms with Gasteiger partial charge in [-0.2, -0.15) is 10.4 Å². The molecule has 1 saturated heterocycles. The molecule has 1 aliphatic heterocycles. The van der Waals surface area contributed by atoms with Crippen LogP contribution in [0.3, 0.4) is 0 Å². The summed E-state index contributed by atoms with van der Waals surface area (Å²) in [6, 6.07) is 16.7. The number of carboxylic acids is 1. The number of anilines is 1. The Morgan fingerprint density at radius 1 is 1.21 bits per heavy atom. The van der Waals surface area contributed by atoms with Crippen LogP contribution in [-0.4, -0.2) is 55.9 Å². The minimum atomic E-state index is -0.718. The molecule has 2 aromatic heterocycles. The van der Waals surface area contributed by atoms with Gasteiger partial charge >= 0.3 is 5.97 Å². The van der Waals surface area contributed by atoms with Crippen LogP contribution in [0.2, 0.25) is 0 Å². The van der Waals surface area contributed by atoms with E-state index in [0.717, 1.165) is 30.0 Å². The van der Waals surface area contributed by atoms with E-state index < -0.39 is 5.97 Å². The number of carboxylic acid groups (broad SMARTS) is 1. The minimum Gasteiger partial charge on any atom is -0.481 e. The standard InChI is InChI=1S/C27H29N9O2/c1-17(36-10-8-19(9-11-36)26(37)38)22-7-3-6-21(32-22)15-31-16-25(35-30)24-13-23(33-27(29)34-24)20-5-2-4-18(12-20)14-28/h2-7,12-13,16-17,19H,8-11,15,30H2,1H3,(H,37,38)(H2,29,33,34)/b31-16?,35-25+. The zero-order valence-electron chi connectivity index (χ0n) is 21.0. The zero-order chi connectivity index (χ0) is 27.1. The Labute approximate surface area is 220 Å². The van der Waals surface area contributed by atoms with Crippen LogP contribution in [0.1, 0.15) is 48.5 Å². The lowest BCUT2D eigenvalue weighted by Crippen LogP contribution is -2.38. The molecule has 3 aromatic rings. The number of benzene rings is 1. The predicted octanol–water partition coefficient (Wildman–Crippen LogP) is 2.78. The third kappa shape index (κ3) is 6.35. The van der Waals surface area contributed by atoms with Crippen LogP contribution >= 0.6 is 0 Å². The Hall–Kier alpha value is -4.69. The maximum atomic E-state index is 11.2. The molecule has 11 heteroatoms. The highest BCUT2D eigenvalue weighted by atomic mass is 16.4. The predicted molar refractivity (Wildman–Crippen MR) is 144 cm³/mol. The van der Waals surface area contributed by atoms with E-state index in [1.807, 2.05) is 24.3 Å². The van der Waals surface area contributed by atoms with E-state index in [4.69, 9.17) is 16.6 Å². The van der Waals surface area contributed by atoms with Crippen molar-refractivity contribution in [1.29, 1.82) is 5.26 Å². The van der Waals surface area contributed by atoms with Gasteiger partial charge in [-0.15, -0.1) is 0 Å². The van der Waals surface area contributed by atoms with Crippen molar-refractivity contribution in [3.63, 3.8) is 0 Å². The van der Waals surface area contributed by atoms with Crippen molar-refractivity contribution in [2.75, 3.05) is 18.8 Å². The number of aromatic nitrogens is 3. The normalized spacial score (nSPS) is 15.8. The van der Waals surface area contributed by atoms with Gasteiger partial charge in [-0.3, -0.25) is 19.7 Å². The van der Waals surface area contributed by atoms with Gasteiger partial charge in [0.15, 0.2) is 0 Å². The molecule has 5 N–H and O–H groups in total. The molecule has 1 aromatic carbocycles. The summed E-state index contributed by atoms with van der Waals surface area (Å²) in [5, 5.41) is 22.3. The van der Waals surface area contributed by atoms with Crippen LogP contribution in [-0.2, 0) is 11.3 Å². The Morgan fingerprint density at radius 3 is 2.68 bits per heavy atom. The maximum Gasteiger partial charge on any atom is 0.306 e. The van der Waals surface area contributed by atoms with Crippen LogP contribution in [0.15, 0.2) is 58.6 Å². The topological polar surface area (TPSA) is 180 Å². The third-order valence-electron chi connectivity index (χ3n) is 6.58. The Kier molecular flexibility index (Phi) is 8.35. The lowest BCUT2D eigenvalue weighted by molar-refractivity contribution is -0.143. The second-order valence-electron chi connectivity index (χ2n) is 9.05. The number of hydrazone groups is 1. The van der Waals surface area contributed by atoms with Gasteiger partial charge < -0.3 is 16.7 Å². The first-order valence-corrected chi connectivity index (χ1v) is 12.2. The van der Waals surface area contributed by atoms with Crippen molar-refractivity contribution in [3.05, 3.63) is 71.2 Å². The smallest absolute Gasteiger partial charge is 0.306 e. The number of piperidine rings is 1. The van der Waals surface area contributed by atoms with Crippen LogP contribution < -0.4 is 11.6 Å². The third-order valence-corrected chi connectivity index (χ3v) is 6.58. The van der Waals surface area contributed by atoms with E-state index in [1.165, 1.54) is 6.21 Å². The van der Waals surface area contributed by atoms with Crippen molar-refractivity contribution in [2.45, 2.75) is 32.4 Å². The molecule has 1 atom stereocenters. The molecule has 1 aliphatic rings. The summed E-state index contributed by atoms with van der Waals surface area (Å²) in [6.45, 7) is 3.84. The average molecular weight is 512 g/mol. The summed E-state index contributed by atoms with van der Waals surface area (Å²) in [4.78, 5) is 31.3. The van der Waals surface area contributed by atoms with Crippen molar-refractivity contribution in [3.8, 4) is 17.3 Å². The number of nitrogens with two attached hydrogens (primary N) is 2. The number of nitrogens with zero attached hydrogens (tertiary/aromatic N) is 7. The molecule has 0 amide bonds. The number of likely N-dealkylation sites (tertiary alicyclic amines) is 1. The Balaban J connectivity index is 1.45. The van der Waals surface area contributed by atoms with Crippen LogP contribution in [0.4, 0.5) is 5.95 Å². The highest BCUT2D eigenvalue weighted by molar-refractivity contribution is 6.37. The maximum absolute atomic E-state index is 11.2. The van der Waals surface area contributed by atoms with Crippen LogP contribution in [0.5, 0.6) is 0 Å². The van der Waals surface area contributed by atoms with Crippen LogP contribution in [0.25, 0.3) is 11.3 Å². The van der Waals surface area contributed by atoms with Crippen molar-refractivity contribution in [1.82, 2.24) is 19.9 Å². The molecule has 38 heavy (non-hydrogen) atoms. The molecular weight excluding hydrogens is 482 g/mol. The fraction of sp³-hybridized carbons (Fsp3) is 0.296. The molecule has 4 rings (SSSR count). The summed E-state index contributed by atoms with van der Waals surface area (Å²) >= 11 is 0. The average Bonchev–Trinajstić information content (AvgIpc) is 2.95. The number of hydrogen-bond donors (Lipinski definition) is 3. The van der Waals surface area contributed by atoms with Crippen molar-refractivity contribution < 1.29 is 9.90 Å². The number of rotatable bonds is 8. The SMILES string of the molecule is CC(c1cccc(CN=C/C(=N\N)c2cc(-c3cccc(C#N)c3)nc(N)n2)n1)N1CCC(C(=O)O)CC1. The molecule has 0 radical (unpaired) electrons. The number of pyridine rings is 1. The van der Waals surface area contributed by atoms with E-state index in [9.17, 15) is 15.2 Å². The highest BCUT2D eigenvalue weighted by Gasteiger charge is 2.27. The molecule has 194 valence electrons. The lowest BCUT2D eigenvalue weighted by Gasteiger charge is -2.34. The van der Waals surface area contributed by atoms with Crippen molar-refractivity contribution in [2.24, 2.45) is 21.9 Å². The van der Waals surface area contributed by atoms with Gasteiger partial charge in [0.05, 0.1) is 53.1 Å². The van der Waals surface area contributed by atoms with E-state index in [-0.39, 0.29) is 17.9 Å². The van der Waals surface area contributed by atoms with Gasteiger partial charge in [0.25, 0.3) is 0 Å². The first-order chi connectivity index (χ1) is 18.4. The number of hydrogen-bond acceptors (Lipinski definition) is 10. The molecule has 11 nitrogen and oxygen atoms in total. The first-order valence-electron chi connectivity index (χ1n) is 12.2. The summed E-state index contributed by atoms with van der Waals surface area (Å²) in [5.74, 6) is 4.70. The fourth-order valence-electron chi connectivity index (χ4n) is 4.42. The molecule has 0 aliphatic carbocycles. The summed E-state index contributed by atoms with van der Waals surface area (Å²) in [5.41, 5.74) is 10.1. The lowest BCUT2D eigenvalue weighted by atomic mass is 9.95. The van der Waals surface area contributed by atoms with E-state index in [1.54, 1.807) is 24.3 Å². The number of nitrogen functional groups attached to an aromatic ring is 1. The summed E-state index contributed by atoms with van der Waals surface area (Å²) in [6.07, 6.45) is 2.81. The Morgan fingerprint density at radius 2 is 1.97 bits per heavy atom. The molecule has 1 fully saturated rings. The Bertz CT molecular complexity index is 1410. The van der Waals surface area contributed by atoms with Gasteiger partial charge in [-0.25, -0.2) is 9.97 Å². The largest absolute Gasteiger partial charge is 0.481 e. The molecule has 1 unspecified atom stereocenters. The monoisotopic (exact) mass is 511 g/mol. The number of aliphatic carboxylic acids is 1. The quantitative estimate of drug-likeness (QED) is 0.233. The van der Waals surface area contributed by atoms with E-state index in [0.29, 0.717) is 42.0 Å². The second-order valence-corrected chi connectivity index (χ2v) is 9.05. The number of nitriles is 1. The van der Waals surface area contributed by atoms with Gasteiger partial charge in [0.1, 0.15) is 5.71 Å². The summed E-state index contributed by atoms with van der Waals surface area (Å²) < 4.78 is 0. The highest BCUT2D eigenvalue weighted by Crippen LogP contribution is 2.26.